The lowest BCUT2D eigenvalue weighted by Crippen LogP contribution is -1.80. The highest BCUT2D eigenvalue weighted by Crippen LogP contribution is 2.30. The molecule has 0 spiro atoms. The summed E-state index contributed by atoms with van der Waals surface area (Å²) >= 11 is 22.6. The molecule has 0 aliphatic rings. The maximum Gasteiger partial charge on any atom is 0.132 e. The molecule has 1 aromatic carbocycles. The molecule has 0 amide bonds. The van der Waals surface area contributed by atoms with Crippen molar-refractivity contribution in [1.82, 2.24) is 0 Å². The van der Waals surface area contributed by atoms with Crippen LogP contribution >= 0.6 is 46.4 Å². The first kappa shape index (κ1) is 9.47. The minimum Gasteiger partial charge on any atom is -0.100 e. The summed E-state index contributed by atoms with van der Waals surface area (Å²) in [4.78, 5) is -0.551. The molecule has 0 fully saturated rings. The predicted octanol–water partition coefficient (Wildman–Crippen LogP) is 4.47. The van der Waals surface area contributed by atoms with Gasteiger partial charge in [-0.05, 0) is 17.7 Å². The quantitative estimate of drug-likeness (QED) is 0.624. The van der Waals surface area contributed by atoms with Crippen LogP contribution in [0.2, 0.25) is 10.0 Å². The molecule has 0 aliphatic carbocycles. The Morgan fingerprint density at radius 3 is 2.09 bits per heavy atom. The monoisotopic (exact) mass is 228 g/mol. The van der Waals surface area contributed by atoms with Gasteiger partial charge in [-0.2, -0.15) is 0 Å². The molecule has 0 unspecified atom stereocenters. The lowest BCUT2D eigenvalue weighted by Gasteiger charge is -2.01. The average molecular weight is 230 g/mol. The van der Waals surface area contributed by atoms with Gasteiger partial charge in [0.15, 0.2) is 0 Å². The van der Waals surface area contributed by atoms with Crippen LogP contribution in [0.5, 0.6) is 0 Å². The summed E-state index contributed by atoms with van der Waals surface area (Å²) in [5.41, 5.74) is 0.753. The molecule has 0 heterocycles. The molecule has 0 saturated carbocycles. The van der Waals surface area contributed by atoms with Crippen molar-refractivity contribution in [3.05, 3.63) is 33.8 Å². The van der Waals surface area contributed by atoms with Crippen molar-refractivity contribution in [2.24, 2.45) is 0 Å². The average Bonchev–Trinajstić information content (AvgIpc) is 1.94. The topological polar surface area (TPSA) is 0 Å². The van der Waals surface area contributed by atoms with Crippen LogP contribution in [0.4, 0.5) is 0 Å². The van der Waals surface area contributed by atoms with E-state index in [9.17, 15) is 0 Å². The SMILES string of the molecule is Clc1ccc(C(Cl)Cl)cc1Cl. The van der Waals surface area contributed by atoms with Gasteiger partial charge in [0, 0.05) is 0 Å². The normalized spacial score (nSPS) is 10.6. The molecule has 0 atom stereocenters. The van der Waals surface area contributed by atoms with E-state index in [0.29, 0.717) is 10.0 Å². The lowest BCUT2D eigenvalue weighted by atomic mass is 10.2. The van der Waals surface area contributed by atoms with Crippen LogP contribution in [0, 0.1) is 0 Å². The van der Waals surface area contributed by atoms with Crippen molar-refractivity contribution >= 4 is 46.4 Å². The van der Waals surface area contributed by atoms with Gasteiger partial charge in [0.25, 0.3) is 0 Å². The van der Waals surface area contributed by atoms with Gasteiger partial charge in [0.1, 0.15) is 4.84 Å². The number of alkyl halides is 2. The smallest absolute Gasteiger partial charge is 0.100 e. The molecule has 0 radical (unpaired) electrons. The van der Waals surface area contributed by atoms with Crippen LogP contribution in [-0.4, -0.2) is 0 Å². The largest absolute Gasteiger partial charge is 0.132 e. The highest BCUT2D eigenvalue weighted by atomic mass is 35.5. The minimum absolute atomic E-state index is 0.468. The zero-order valence-electron chi connectivity index (χ0n) is 5.32. The van der Waals surface area contributed by atoms with E-state index in [4.69, 9.17) is 46.4 Å². The standard InChI is InChI=1S/C7H4Cl4/c8-5-2-1-4(7(10)11)3-6(5)9/h1-3,7H. The summed E-state index contributed by atoms with van der Waals surface area (Å²) in [7, 11) is 0. The highest BCUT2D eigenvalue weighted by molar-refractivity contribution is 6.45. The van der Waals surface area contributed by atoms with Gasteiger partial charge in [0.05, 0.1) is 10.0 Å². The van der Waals surface area contributed by atoms with Crippen LogP contribution in [0.1, 0.15) is 10.4 Å². The number of halogens is 4. The molecule has 11 heavy (non-hydrogen) atoms. The Morgan fingerprint density at radius 2 is 1.64 bits per heavy atom. The van der Waals surface area contributed by atoms with Crippen molar-refractivity contribution in [3.63, 3.8) is 0 Å². The second kappa shape index (κ2) is 3.86. The molecule has 0 aromatic heterocycles. The van der Waals surface area contributed by atoms with E-state index < -0.39 is 4.84 Å². The third kappa shape index (κ3) is 2.41. The van der Waals surface area contributed by atoms with Crippen molar-refractivity contribution < 1.29 is 0 Å². The Hall–Kier alpha value is 0.380. The maximum atomic E-state index is 5.71. The fraction of sp³-hybridized carbons (Fsp3) is 0.143. The molecule has 0 nitrogen and oxygen atoms in total. The van der Waals surface area contributed by atoms with E-state index in [0.717, 1.165) is 5.56 Å². The van der Waals surface area contributed by atoms with Gasteiger partial charge in [0.2, 0.25) is 0 Å². The molecule has 1 rings (SSSR count). The van der Waals surface area contributed by atoms with Crippen LogP contribution in [0.3, 0.4) is 0 Å². The van der Waals surface area contributed by atoms with Gasteiger partial charge >= 0.3 is 0 Å². The predicted molar refractivity (Wildman–Crippen MR) is 50.9 cm³/mol. The summed E-state index contributed by atoms with van der Waals surface area (Å²) in [5.74, 6) is 0. The molecule has 60 valence electrons. The summed E-state index contributed by atoms with van der Waals surface area (Å²) < 4.78 is 0. The zero-order valence-corrected chi connectivity index (χ0v) is 8.34. The van der Waals surface area contributed by atoms with Crippen molar-refractivity contribution in [3.8, 4) is 0 Å². The van der Waals surface area contributed by atoms with E-state index in [1.807, 2.05) is 0 Å². The number of benzene rings is 1. The zero-order chi connectivity index (χ0) is 8.43. The summed E-state index contributed by atoms with van der Waals surface area (Å²) in [6, 6.07) is 5.05. The molecule has 1 aromatic rings. The molecular formula is C7H4Cl4. The second-order valence-corrected chi connectivity index (χ2v) is 3.88. The summed E-state index contributed by atoms with van der Waals surface area (Å²) in [6.45, 7) is 0. The maximum absolute atomic E-state index is 5.71. The van der Waals surface area contributed by atoms with Crippen LogP contribution < -0.4 is 0 Å². The van der Waals surface area contributed by atoms with E-state index >= 15 is 0 Å². The van der Waals surface area contributed by atoms with E-state index in [-0.39, 0.29) is 0 Å². The first-order chi connectivity index (χ1) is 5.11. The minimum atomic E-state index is -0.551. The summed E-state index contributed by atoms with van der Waals surface area (Å²) in [6.07, 6.45) is 0. The van der Waals surface area contributed by atoms with Crippen LogP contribution in [0.25, 0.3) is 0 Å². The summed E-state index contributed by atoms with van der Waals surface area (Å²) in [5, 5.41) is 0.972. The number of rotatable bonds is 1. The lowest BCUT2D eigenvalue weighted by molar-refractivity contribution is 1.35. The first-order valence-corrected chi connectivity index (χ1v) is 4.47. The Balaban J connectivity index is 3.05. The highest BCUT2D eigenvalue weighted by Gasteiger charge is 2.05. The molecule has 0 bridgehead atoms. The fourth-order valence-electron chi connectivity index (χ4n) is 0.648. The number of hydrogen-bond donors (Lipinski definition) is 0. The van der Waals surface area contributed by atoms with Crippen LogP contribution in [-0.2, 0) is 0 Å². The Labute approximate surface area is 85.0 Å². The van der Waals surface area contributed by atoms with E-state index in [1.54, 1.807) is 18.2 Å². The van der Waals surface area contributed by atoms with Gasteiger partial charge in [-0.25, -0.2) is 0 Å². The Morgan fingerprint density at radius 1 is 1.00 bits per heavy atom. The fourth-order valence-corrected chi connectivity index (χ4v) is 1.23. The Kier molecular flexibility index (Phi) is 3.32. The number of hydrogen-bond acceptors (Lipinski definition) is 0. The molecule has 0 N–H and O–H groups in total. The second-order valence-electron chi connectivity index (χ2n) is 1.97. The Bertz CT molecular complexity index is 257. The third-order valence-electron chi connectivity index (χ3n) is 1.20. The van der Waals surface area contributed by atoms with Gasteiger partial charge < -0.3 is 0 Å². The first-order valence-electron chi connectivity index (χ1n) is 2.84. The van der Waals surface area contributed by atoms with Crippen molar-refractivity contribution in [1.29, 1.82) is 0 Å². The third-order valence-corrected chi connectivity index (χ3v) is 2.44. The molecule has 4 heteroatoms. The van der Waals surface area contributed by atoms with Gasteiger partial charge in [-0.15, -0.1) is 23.2 Å². The van der Waals surface area contributed by atoms with E-state index in [1.165, 1.54) is 0 Å². The van der Waals surface area contributed by atoms with Crippen LogP contribution in [0.15, 0.2) is 18.2 Å². The van der Waals surface area contributed by atoms with Crippen molar-refractivity contribution in [2.45, 2.75) is 4.84 Å². The van der Waals surface area contributed by atoms with E-state index in [2.05, 4.69) is 0 Å². The van der Waals surface area contributed by atoms with Crippen molar-refractivity contribution in [2.75, 3.05) is 0 Å². The molecular weight excluding hydrogens is 226 g/mol. The molecule has 0 aliphatic heterocycles. The van der Waals surface area contributed by atoms with Gasteiger partial charge in [-0.3, -0.25) is 0 Å². The molecule has 0 saturated heterocycles. The van der Waals surface area contributed by atoms with Gasteiger partial charge in [-0.1, -0.05) is 29.3 Å².